The van der Waals surface area contributed by atoms with Crippen molar-refractivity contribution in [2.45, 2.75) is 0 Å². The molecule has 0 aliphatic rings. The molecule has 0 fully saturated rings. The minimum absolute atomic E-state index is 0.616. The van der Waals surface area contributed by atoms with Crippen molar-refractivity contribution in [1.29, 1.82) is 0 Å². The van der Waals surface area contributed by atoms with Gasteiger partial charge >= 0.3 is 0 Å². The summed E-state index contributed by atoms with van der Waals surface area (Å²) < 4.78 is 6.42. The Morgan fingerprint density at radius 1 is 0.273 bits per heavy atom. The summed E-state index contributed by atoms with van der Waals surface area (Å²) in [5.74, 6) is 1.88. The lowest BCUT2D eigenvalue weighted by Gasteiger charge is -2.19. The maximum Gasteiger partial charge on any atom is 0.164 e. The predicted molar refractivity (Wildman–Crippen MR) is 225 cm³/mol. The number of rotatable bonds is 7. The monoisotopic (exact) mass is 703 g/mol. The molecule has 0 unspecified atom stereocenters. The van der Waals surface area contributed by atoms with Gasteiger partial charge in [0.1, 0.15) is 11.2 Å². The molecule has 0 atom stereocenters. The van der Waals surface area contributed by atoms with Gasteiger partial charge in [-0.25, -0.2) is 15.0 Å². The SMILES string of the molecule is c1ccc(-c2cc(-c3cccc(-c4nc(-c5ccccc5)nc(-c5ccccc5)n4)c3)c(-c3ccccc3)c(-c3ccc4c(c3)oc3ccccc34)c2)cc1. The molecular weight excluding hydrogens is 671 g/mol. The highest BCUT2D eigenvalue weighted by Crippen LogP contribution is 2.45. The van der Waals surface area contributed by atoms with Gasteiger partial charge in [0, 0.05) is 27.5 Å². The molecule has 55 heavy (non-hydrogen) atoms. The molecule has 4 heteroatoms. The summed E-state index contributed by atoms with van der Waals surface area (Å²) in [7, 11) is 0. The Balaban J connectivity index is 1.21. The van der Waals surface area contributed by atoms with Crippen molar-refractivity contribution in [2.24, 2.45) is 0 Å². The number of fused-ring (bicyclic) bond motifs is 3. The molecule has 0 N–H and O–H groups in total. The Morgan fingerprint density at radius 3 is 1.35 bits per heavy atom. The minimum Gasteiger partial charge on any atom is -0.456 e. The molecule has 4 nitrogen and oxygen atoms in total. The summed E-state index contributed by atoms with van der Waals surface area (Å²) in [5, 5.41) is 2.22. The maximum atomic E-state index is 6.42. The van der Waals surface area contributed by atoms with Gasteiger partial charge in [0.2, 0.25) is 0 Å². The molecule has 0 amide bonds. The molecule has 0 radical (unpaired) electrons. The van der Waals surface area contributed by atoms with Crippen molar-refractivity contribution >= 4 is 21.9 Å². The zero-order valence-corrected chi connectivity index (χ0v) is 29.8. The van der Waals surface area contributed by atoms with Gasteiger partial charge in [-0.3, -0.25) is 0 Å². The van der Waals surface area contributed by atoms with Crippen LogP contribution in [0.3, 0.4) is 0 Å². The van der Waals surface area contributed by atoms with Crippen LogP contribution in [0.1, 0.15) is 0 Å². The Bertz CT molecular complexity index is 2900. The molecule has 0 bridgehead atoms. The van der Waals surface area contributed by atoms with Crippen LogP contribution < -0.4 is 0 Å². The minimum atomic E-state index is 0.616. The van der Waals surface area contributed by atoms with E-state index in [1.807, 2.05) is 72.8 Å². The Labute approximate surface area is 319 Å². The van der Waals surface area contributed by atoms with Crippen LogP contribution in [0.4, 0.5) is 0 Å². The van der Waals surface area contributed by atoms with Crippen LogP contribution in [-0.4, -0.2) is 15.0 Å². The number of nitrogens with zero attached hydrogens (tertiary/aromatic N) is 3. The van der Waals surface area contributed by atoms with Crippen molar-refractivity contribution in [3.05, 3.63) is 200 Å². The molecular formula is C51H33N3O. The maximum absolute atomic E-state index is 6.42. The highest BCUT2D eigenvalue weighted by Gasteiger charge is 2.20. The van der Waals surface area contributed by atoms with Crippen molar-refractivity contribution in [3.8, 4) is 78.7 Å². The van der Waals surface area contributed by atoms with E-state index in [0.29, 0.717) is 17.5 Å². The van der Waals surface area contributed by atoms with Gasteiger partial charge in [-0.1, -0.05) is 164 Å². The summed E-state index contributed by atoms with van der Waals surface area (Å²) in [4.78, 5) is 15.0. The summed E-state index contributed by atoms with van der Waals surface area (Å²) in [6.45, 7) is 0. The zero-order valence-electron chi connectivity index (χ0n) is 29.8. The van der Waals surface area contributed by atoms with Crippen LogP contribution in [0.2, 0.25) is 0 Å². The molecule has 258 valence electrons. The molecule has 0 aliphatic heterocycles. The summed E-state index contributed by atoms with van der Waals surface area (Å²) in [6, 6.07) is 69.5. The number of hydrogen-bond donors (Lipinski definition) is 0. The lowest BCUT2D eigenvalue weighted by molar-refractivity contribution is 0.669. The van der Waals surface area contributed by atoms with Crippen LogP contribution in [0.25, 0.3) is 101 Å². The average Bonchev–Trinajstić information content (AvgIpc) is 3.65. The molecule has 10 rings (SSSR count). The van der Waals surface area contributed by atoms with Crippen molar-refractivity contribution < 1.29 is 4.42 Å². The second-order valence-electron chi connectivity index (χ2n) is 13.6. The van der Waals surface area contributed by atoms with Gasteiger partial charge in [0.25, 0.3) is 0 Å². The third-order valence-electron chi connectivity index (χ3n) is 10.1. The molecule has 0 saturated heterocycles. The lowest BCUT2D eigenvalue weighted by Crippen LogP contribution is -2.00. The van der Waals surface area contributed by atoms with Gasteiger partial charge in [0.05, 0.1) is 0 Å². The van der Waals surface area contributed by atoms with E-state index in [1.54, 1.807) is 0 Å². The Morgan fingerprint density at radius 2 is 0.727 bits per heavy atom. The third-order valence-corrected chi connectivity index (χ3v) is 10.1. The van der Waals surface area contributed by atoms with E-state index in [4.69, 9.17) is 19.4 Å². The molecule has 8 aromatic carbocycles. The van der Waals surface area contributed by atoms with Crippen molar-refractivity contribution in [2.75, 3.05) is 0 Å². The topological polar surface area (TPSA) is 51.8 Å². The second kappa shape index (κ2) is 13.8. The van der Waals surface area contributed by atoms with Crippen LogP contribution in [0.15, 0.2) is 205 Å². The second-order valence-corrected chi connectivity index (χ2v) is 13.6. The van der Waals surface area contributed by atoms with Crippen LogP contribution in [-0.2, 0) is 0 Å². The number of furan rings is 1. The Hall–Kier alpha value is -7.43. The molecule has 0 saturated carbocycles. The fraction of sp³-hybridized carbons (Fsp3) is 0. The van der Waals surface area contributed by atoms with Gasteiger partial charge in [-0.15, -0.1) is 0 Å². The fourth-order valence-corrected chi connectivity index (χ4v) is 7.47. The van der Waals surface area contributed by atoms with E-state index in [0.717, 1.165) is 83.1 Å². The first kappa shape index (κ1) is 32.2. The van der Waals surface area contributed by atoms with Crippen LogP contribution >= 0.6 is 0 Å². The largest absolute Gasteiger partial charge is 0.456 e. The molecule has 0 aliphatic carbocycles. The number of para-hydroxylation sites is 1. The number of aromatic nitrogens is 3. The quantitative estimate of drug-likeness (QED) is 0.166. The highest BCUT2D eigenvalue weighted by molar-refractivity contribution is 6.07. The molecule has 2 aromatic heterocycles. The predicted octanol–water partition coefficient (Wildman–Crippen LogP) is 13.4. The third kappa shape index (κ3) is 6.16. The Kier molecular flexibility index (Phi) is 8.12. The van der Waals surface area contributed by atoms with E-state index >= 15 is 0 Å². The standard InChI is InChI=1S/C51H33N3O/c1-5-16-34(17-6-1)41-31-44(48(35-18-7-2-8-19-35)45(32-41)39-28-29-43-42-26-13-14-27-46(42)55-47(43)33-39)38-24-15-25-40(30-38)51-53-49(36-20-9-3-10-21-36)52-50(54-51)37-22-11-4-12-23-37/h1-33H. The van der Waals surface area contributed by atoms with Crippen LogP contribution in [0.5, 0.6) is 0 Å². The number of hydrogen-bond acceptors (Lipinski definition) is 4. The zero-order chi connectivity index (χ0) is 36.6. The highest BCUT2D eigenvalue weighted by atomic mass is 16.3. The summed E-state index contributed by atoms with van der Waals surface area (Å²) >= 11 is 0. The fourth-order valence-electron chi connectivity index (χ4n) is 7.47. The van der Waals surface area contributed by atoms with Gasteiger partial charge in [-0.05, 0) is 80.9 Å². The molecule has 2 heterocycles. The van der Waals surface area contributed by atoms with Crippen LogP contribution in [0, 0.1) is 0 Å². The molecule has 10 aromatic rings. The van der Waals surface area contributed by atoms with E-state index in [1.165, 1.54) is 0 Å². The normalized spacial score (nSPS) is 11.3. The number of benzene rings is 8. The smallest absolute Gasteiger partial charge is 0.164 e. The van der Waals surface area contributed by atoms with E-state index in [-0.39, 0.29) is 0 Å². The van der Waals surface area contributed by atoms with Gasteiger partial charge in [0.15, 0.2) is 17.5 Å². The molecule has 0 spiro atoms. The first-order valence-corrected chi connectivity index (χ1v) is 18.4. The first-order valence-electron chi connectivity index (χ1n) is 18.4. The first-order chi connectivity index (χ1) is 27.2. The summed E-state index contributed by atoms with van der Waals surface area (Å²) in [6.07, 6.45) is 0. The van der Waals surface area contributed by atoms with E-state index in [2.05, 4.69) is 127 Å². The van der Waals surface area contributed by atoms with Crippen molar-refractivity contribution in [3.63, 3.8) is 0 Å². The van der Waals surface area contributed by atoms with E-state index < -0.39 is 0 Å². The van der Waals surface area contributed by atoms with Gasteiger partial charge < -0.3 is 4.42 Å². The van der Waals surface area contributed by atoms with Crippen molar-refractivity contribution in [1.82, 2.24) is 15.0 Å². The average molecular weight is 704 g/mol. The van der Waals surface area contributed by atoms with Gasteiger partial charge in [-0.2, -0.15) is 0 Å². The summed E-state index contributed by atoms with van der Waals surface area (Å²) in [5.41, 5.74) is 13.4. The lowest BCUT2D eigenvalue weighted by atomic mass is 9.84. The van der Waals surface area contributed by atoms with E-state index in [9.17, 15) is 0 Å².